The van der Waals surface area contributed by atoms with Crippen LogP contribution >= 0.6 is 0 Å². The molecule has 0 unspecified atom stereocenters. The highest BCUT2D eigenvalue weighted by Crippen LogP contribution is 2.24. The zero-order valence-electron chi connectivity index (χ0n) is 15.1. The van der Waals surface area contributed by atoms with E-state index in [0.717, 1.165) is 0 Å². The number of carbonyl (C=O) groups excluding carboxylic acids is 1. The Morgan fingerprint density at radius 1 is 1.22 bits per heavy atom. The van der Waals surface area contributed by atoms with Crippen molar-refractivity contribution in [1.29, 1.82) is 0 Å². The number of morpholine rings is 1. The molecule has 27 heavy (non-hydrogen) atoms. The lowest BCUT2D eigenvalue weighted by molar-refractivity contribution is -0.116. The Morgan fingerprint density at radius 2 is 1.85 bits per heavy atom. The minimum Gasteiger partial charge on any atom is -0.379 e. The first-order valence-electron chi connectivity index (χ1n) is 8.46. The van der Waals surface area contributed by atoms with E-state index in [-0.39, 0.29) is 30.4 Å². The summed E-state index contributed by atoms with van der Waals surface area (Å²) in [4.78, 5) is 12.4. The van der Waals surface area contributed by atoms with Gasteiger partial charge < -0.3 is 10.1 Å². The van der Waals surface area contributed by atoms with Crippen molar-refractivity contribution in [2.75, 3.05) is 31.6 Å². The molecule has 0 atom stereocenters. The van der Waals surface area contributed by atoms with Crippen LogP contribution in [0.5, 0.6) is 0 Å². The molecule has 1 aliphatic heterocycles. The Bertz CT molecular complexity index is 935. The van der Waals surface area contributed by atoms with Crippen LogP contribution in [0.4, 0.5) is 10.1 Å². The highest BCUT2D eigenvalue weighted by molar-refractivity contribution is 7.89. The fourth-order valence-corrected chi connectivity index (χ4v) is 4.77. The van der Waals surface area contributed by atoms with Gasteiger partial charge in [0, 0.05) is 18.8 Å². The third kappa shape index (κ3) is 4.18. The Labute approximate surface area is 157 Å². The topological polar surface area (TPSA) is 93.5 Å². The van der Waals surface area contributed by atoms with E-state index < -0.39 is 15.8 Å². The SMILES string of the molecule is Cc1nn(CC(=O)Nc2ccc(F)cc2)c(C)c1S(=O)(=O)N1CCOCC1. The number of hydrogen-bond acceptors (Lipinski definition) is 5. The molecule has 1 amide bonds. The van der Waals surface area contributed by atoms with E-state index in [4.69, 9.17) is 4.74 Å². The molecular formula is C17H21FN4O4S. The van der Waals surface area contributed by atoms with Crippen LogP contribution in [-0.2, 0) is 26.1 Å². The van der Waals surface area contributed by atoms with Gasteiger partial charge in [-0.1, -0.05) is 0 Å². The Balaban J connectivity index is 1.78. The molecule has 10 heteroatoms. The summed E-state index contributed by atoms with van der Waals surface area (Å²) in [5, 5.41) is 6.86. The van der Waals surface area contributed by atoms with Crippen LogP contribution in [0.1, 0.15) is 11.4 Å². The molecule has 1 aromatic heterocycles. The predicted molar refractivity (Wildman–Crippen MR) is 96.3 cm³/mol. The van der Waals surface area contributed by atoms with Gasteiger partial charge in [-0.3, -0.25) is 9.48 Å². The molecule has 1 fully saturated rings. The van der Waals surface area contributed by atoms with Gasteiger partial charge in [0.25, 0.3) is 0 Å². The van der Waals surface area contributed by atoms with Gasteiger partial charge in [-0.15, -0.1) is 0 Å². The summed E-state index contributed by atoms with van der Waals surface area (Å²) < 4.78 is 46.7. The molecular weight excluding hydrogens is 375 g/mol. The summed E-state index contributed by atoms with van der Waals surface area (Å²) in [6.07, 6.45) is 0. The average molecular weight is 396 g/mol. The van der Waals surface area contributed by atoms with Crippen LogP contribution in [-0.4, -0.2) is 54.7 Å². The third-order valence-electron chi connectivity index (χ3n) is 4.30. The summed E-state index contributed by atoms with van der Waals surface area (Å²) in [5.41, 5.74) is 1.19. The summed E-state index contributed by atoms with van der Waals surface area (Å²) in [5.74, 6) is -0.785. The van der Waals surface area contributed by atoms with Gasteiger partial charge in [0.1, 0.15) is 17.3 Å². The number of nitrogens with one attached hydrogen (secondary N) is 1. The number of carbonyl (C=O) groups is 1. The van der Waals surface area contributed by atoms with Crippen molar-refractivity contribution in [1.82, 2.24) is 14.1 Å². The fourth-order valence-electron chi connectivity index (χ4n) is 2.99. The largest absolute Gasteiger partial charge is 0.379 e. The van der Waals surface area contributed by atoms with Crippen molar-refractivity contribution in [3.8, 4) is 0 Å². The molecule has 2 heterocycles. The van der Waals surface area contributed by atoms with Crippen LogP contribution in [0.25, 0.3) is 0 Å². The van der Waals surface area contributed by atoms with Crippen LogP contribution in [0.2, 0.25) is 0 Å². The van der Waals surface area contributed by atoms with Crippen molar-refractivity contribution in [2.24, 2.45) is 0 Å². The van der Waals surface area contributed by atoms with E-state index in [2.05, 4.69) is 10.4 Å². The molecule has 3 rings (SSSR count). The molecule has 1 aliphatic rings. The molecule has 0 saturated carbocycles. The molecule has 8 nitrogen and oxygen atoms in total. The minimum atomic E-state index is -3.71. The van der Waals surface area contributed by atoms with Crippen molar-refractivity contribution in [3.05, 3.63) is 41.5 Å². The van der Waals surface area contributed by atoms with E-state index in [1.54, 1.807) is 13.8 Å². The lowest BCUT2D eigenvalue weighted by Gasteiger charge is -2.26. The van der Waals surface area contributed by atoms with Crippen LogP contribution in [0.3, 0.4) is 0 Å². The quantitative estimate of drug-likeness (QED) is 0.822. The third-order valence-corrected chi connectivity index (χ3v) is 6.46. The number of sulfonamides is 1. The number of hydrogen-bond donors (Lipinski definition) is 1. The second-order valence-corrected chi connectivity index (χ2v) is 8.10. The van der Waals surface area contributed by atoms with E-state index in [1.165, 1.54) is 33.3 Å². The van der Waals surface area contributed by atoms with Gasteiger partial charge in [0.05, 0.1) is 24.6 Å². The second kappa shape index (κ2) is 7.75. The van der Waals surface area contributed by atoms with Crippen LogP contribution < -0.4 is 5.32 Å². The second-order valence-electron chi connectivity index (χ2n) is 6.23. The van der Waals surface area contributed by atoms with E-state index in [0.29, 0.717) is 30.3 Å². The Hall–Kier alpha value is -2.30. The van der Waals surface area contributed by atoms with Gasteiger partial charge >= 0.3 is 0 Å². The molecule has 1 aromatic carbocycles. The maximum absolute atomic E-state index is 12.9. The summed E-state index contributed by atoms with van der Waals surface area (Å²) in [7, 11) is -3.71. The zero-order chi connectivity index (χ0) is 19.6. The maximum atomic E-state index is 12.9. The number of nitrogens with zero attached hydrogens (tertiary/aromatic N) is 3. The van der Waals surface area contributed by atoms with Gasteiger partial charge in [-0.05, 0) is 38.1 Å². The maximum Gasteiger partial charge on any atom is 0.246 e. The number of aromatic nitrogens is 2. The first-order valence-corrected chi connectivity index (χ1v) is 9.90. The first kappa shape index (κ1) is 19.5. The van der Waals surface area contributed by atoms with Crippen LogP contribution in [0, 0.1) is 19.7 Å². The number of halogens is 1. The van der Waals surface area contributed by atoms with E-state index in [9.17, 15) is 17.6 Å². The van der Waals surface area contributed by atoms with Gasteiger partial charge in [0.2, 0.25) is 15.9 Å². The Morgan fingerprint density at radius 3 is 2.48 bits per heavy atom. The smallest absolute Gasteiger partial charge is 0.246 e. The average Bonchev–Trinajstić information content (AvgIpc) is 2.91. The van der Waals surface area contributed by atoms with Crippen molar-refractivity contribution in [3.63, 3.8) is 0 Å². The van der Waals surface area contributed by atoms with E-state index >= 15 is 0 Å². The molecule has 0 spiro atoms. The lowest BCUT2D eigenvalue weighted by Crippen LogP contribution is -2.41. The highest BCUT2D eigenvalue weighted by atomic mass is 32.2. The fraction of sp³-hybridized carbons (Fsp3) is 0.412. The number of ether oxygens (including phenoxy) is 1. The number of benzene rings is 1. The lowest BCUT2D eigenvalue weighted by atomic mass is 10.3. The van der Waals surface area contributed by atoms with Crippen LogP contribution in [0.15, 0.2) is 29.2 Å². The van der Waals surface area contributed by atoms with Gasteiger partial charge in [0.15, 0.2) is 0 Å². The highest BCUT2D eigenvalue weighted by Gasteiger charge is 2.32. The summed E-state index contributed by atoms with van der Waals surface area (Å²) in [6, 6.07) is 5.38. The minimum absolute atomic E-state index is 0.124. The zero-order valence-corrected chi connectivity index (χ0v) is 15.9. The number of rotatable bonds is 5. The number of anilines is 1. The number of amides is 1. The number of aryl methyl sites for hydroxylation is 1. The molecule has 0 aliphatic carbocycles. The predicted octanol–water partition coefficient (Wildman–Crippen LogP) is 1.30. The van der Waals surface area contributed by atoms with Crippen molar-refractivity contribution in [2.45, 2.75) is 25.3 Å². The molecule has 0 radical (unpaired) electrons. The molecule has 1 saturated heterocycles. The van der Waals surface area contributed by atoms with Gasteiger partial charge in [-0.25, -0.2) is 12.8 Å². The molecule has 0 bridgehead atoms. The van der Waals surface area contributed by atoms with Gasteiger partial charge in [-0.2, -0.15) is 9.40 Å². The monoisotopic (exact) mass is 396 g/mol. The summed E-state index contributed by atoms with van der Waals surface area (Å²) in [6.45, 7) is 4.36. The van der Waals surface area contributed by atoms with Crippen molar-refractivity contribution >= 4 is 21.6 Å². The Kier molecular flexibility index (Phi) is 5.59. The van der Waals surface area contributed by atoms with Crippen molar-refractivity contribution < 1.29 is 22.3 Å². The molecule has 2 aromatic rings. The first-order chi connectivity index (χ1) is 12.8. The summed E-state index contributed by atoms with van der Waals surface area (Å²) >= 11 is 0. The normalized spacial score (nSPS) is 15.7. The van der Waals surface area contributed by atoms with E-state index in [1.807, 2.05) is 0 Å². The standard InChI is InChI=1S/C17H21FN4O4S/c1-12-17(27(24,25)21-7-9-26-10-8-21)13(2)22(20-12)11-16(23)19-15-5-3-14(18)4-6-15/h3-6H,7-11H2,1-2H3,(H,19,23). The molecule has 146 valence electrons. The molecule has 1 N–H and O–H groups in total.